The SMILES string of the molecule is C[n+]1[c-]n(-c2cc(C(C)(C)C)cc3c2Oc2c([C-](n4cccn4)[n+]4ccc[n-]4)cc(C(C)(C)C)cc2C3(C)C)cc1. The molecule has 5 aromatic rings. The molecule has 4 heterocycles. The third kappa shape index (κ3) is 4.53. The van der Waals surface area contributed by atoms with Gasteiger partial charge < -0.3 is 23.7 Å². The molecule has 0 atom stereocenters. The van der Waals surface area contributed by atoms with Crippen LogP contribution in [0.2, 0.25) is 0 Å². The van der Waals surface area contributed by atoms with E-state index in [0.717, 1.165) is 40.0 Å². The summed E-state index contributed by atoms with van der Waals surface area (Å²) in [6.45, 7) is 18.1. The summed E-state index contributed by atoms with van der Waals surface area (Å²) in [6, 6.07) is 13.0. The molecule has 7 nitrogen and oxygen atoms in total. The molecule has 0 radical (unpaired) electrons. The van der Waals surface area contributed by atoms with Crippen molar-refractivity contribution in [2.75, 3.05) is 0 Å². The van der Waals surface area contributed by atoms with Crippen molar-refractivity contribution < 1.29 is 14.0 Å². The Bertz CT molecular complexity index is 1680. The van der Waals surface area contributed by atoms with Crippen LogP contribution < -0.4 is 19.1 Å². The summed E-state index contributed by atoms with van der Waals surface area (Å²) in [7, 11) is 1.98. The zero-order chi connectivity index (χ0) is 29.3. The van der Waals surface area contributed by atoms with E-state index in [2.05, 4.69) is 96.2 Å². The fraction of sp³-hybridized carbons (Fsp3) is 0.353. The minimum atomic E-state index is -0.358. The fourth-order valence-corrected chi connectivity index (χ4v) is 5.52. The predicted octanol–water partition coefficient (Wildman–Crippen LogP) is 5.50. The molecule has 0 fully saturated rings. The maximum atomic E-state index is 7.10. The van der Waals surface area contributed by atoms with Crippen LogP contribution in [0.5, 0.6) is 11.5 Å². The molecule has 0 bridgehead atoms. The van der Waals surface area contributed by atoms with Crippen LogP contribution in [0.25, 0.3) is 5.69 Å². The molecule has 0 spiro atoms. The van der Waals surface area contributed by atoms with Gasteiger partial charge in [0.1, 0.15) is 5.75 Å². The van der Waals surface area contributed by atoms with Crippen molar-refractivity contribution in [2.24, 2.45) is 7.05 Å². The summed E-state index contributed by atoms with van der Waals surface area (Å²) in [5.74, 6) is 1.66. The minimum absolute atomic E-state index is 0.0466. The van der Waals surface area contributed by atoms with Gasteiger partial charge in [-0.15, -0.1) is 17.4 Å². The smallest absolute Gasteiger partial charge is 0.243 e. The highest BCUT2D eigenvalue weighted by Crippen LogP contribution is 2.54. The highest BCUT2D eigenvalue weighted by atomic mass is 16.5. The molecule has 212 valence electrons. The number of benzene rings is 2. The van der Waals surface area contributed by atoms with Gasteiger partial charge in [-0.1, -0.05) is 85.2 Å². The van der Waals surface area contributed by atoms with Crippen LogP contribution in [0.15, 0.2) is 73.6 Å². The maximum Gasteiger partial charge on any atom is 0.243 e. The minimum Gasteiger partial charge on any atom is -0.515 e. The Balaban J connectivity index is 1.68. The summed E-state index contributed by atoms with van der Waals surface area (Å²) in [4.78, 5) is 0. The Kier molecular flexibility index (Phi) is 6.00. The van der Waals surface area contributed by atoms with Crippen molar-refractivity contribution in [1.82, 2.24) is 19.4 Å². The summed E-state index contributed by atoms with van der Waals surface area (Å²) in [6.07, 6.45) is 15.7. The number of nitrogens with zero attached hydrogens (tertiary/aromatic N) is 6. The number of imidazole rings is 1. The molecule has 1 aliphatic rings. The average Bonchev–Trinajstić information content (AvgIpc) is 3.67. The van der Waals surface area contributed by atoms with E-state index < -0.39 is 0 Å². The Labute approximate surface area is 243 Å². The van der Waals surface area contributed by atoms with Crippen LogP contribution in [-0.2, 0) is 23.3 Å². The molecule has 0 saturated carbocycles. The van der Waals surface area contributed by atoms with Gasteiger partial charge in [0.05, 0.1) is 30.9 Å². The molecule has 0 saturated heterocycles. The first-order valence-corrected chi connectivity index (χ1v) is 14.1. The molecule has 6 rings (SSSR count). The third-order valence-electron chi connectivity index (χ3n) is 8.09. The van der Waals surface area contributed by atoms with Gasteiger partial charge in [-0.3, -0.25) is 0 Å². The number of ether oxygens (including phenoxy) is 1. The number of fused-ring (bicyclic) bond motifs is 2. The van der Waals surface area contributed by atoms with E-state index in [1.807, 2.05) is 62.5 Å². The normalized spacial score (nSPS) is 14.4. The molecule has 3 aromatic heterocycles. The number of aromatic nitrogens is 6. The topological polar surface area (TPSA) is 53.8 Å². The lowest BCUT2D eigenvalue weighted by Gasteiger charge is -2.42. The van der Waals surface area contributed by atoms with Gasteiger partial charge in [-0.05, 0) is 33.6 Å². The second kappa shape index (κ2) is 9.13. The van der Waals surface area contributed by atoms with Gasteiger partial charge in [0, 0.05) is 29.6 Å². The van der Waals surface area contributed by atoms with Crippen molar-refractivity contribution >= 4 is 0 Å². The molecule has 0 aliphatic carbocycles. The van der Waals surface area contributed by atoms with Gasteiger partial charge in [0.15, 0.2) is 0 Å². The quantitative estimate of drug-likeness (QED) is 0.220. The van der Waals surface area contributed by atoms with Crippen molar-refractivity contribution in [3.05, 3.63) is 114 Å². The van der Waals surface area contributed by atoms with E-state index in [1.165, 1.54) is 11.1 Å². The average molecular weight is 548 g/mol. The van der Waals surface area contributed by atoms with Crippen molar-refractivity contribution in [3.8, 4) is 17.2 Å². The zero-order valence-corrected chi connectivity index (χ0v) is 25.5. The Hall–Kier alpha value is -4.26. The standard InChI is InChI=1S/C34H39N6O/c1-32(2,3)23-18-25(31(39-14-10-12-35-39)40-15-11-13-36-40)29-26(19-23)34(7,8)27-20-24(33(4,5)6)21-28(30(27)41-29)38-17-16-37(9)22-38/h10-21H,1-9H3/q-1. The summed E-state index contributed by atoms with van der Waals surface area (Å²) in [5.41, 5.74) is 6.19. The van der Waals surface area contributed by atoms with Crippen LogP contribution in [0.4, 0.5) is 0 Å². The van der Waals surface area contributed by atoms with E-state index in [4.69, 9.17) is 4.74 Å². The number of hydrogen-bond acceptors (Lipinski definition) is 2. The van der Waals surface area contributed by atoms with Crippen molar-refractivity contribution in [1.29, 1.82) is 0 Å². The van der Waals surface area contributed by atoms with E-state index in [0.29, 0.717) is 0 Å². The Morgan fingerprint density at radius 2 is 1.59 bits per heavy atom. The zero-order valence-electron chi connectivity index (χ0n) is 25.5. The van der Waals surface area contributed by atoms with Gasteiger partial charge in [0.25, 0.3) is 0 Å². The Morgan fingerprint density at radius 3 is 2.15 bits per heavy atom. The van der Waals surface area contributed by atoms with Gasteiger partial charge in [-0.2, -0.15) is 4.68 Å². The molecule has 7 heteroatoms. The van der Waals surface area contributed by atoms with E-state index >= 15 is 0 Å². The molecule has 41 heavy (non-hydrogen) atoms. The number of hydrogen-bond donors (Lipinski definition) is 0. The van der Waals surface area contributed by atoms with Crippen LogP contribution in [0.3, 0.4) is 0 Å². The molecule has 2 aromatic carbocycles. The summed E-state index contributed by atoms with van der Waals surface area (Å²) in [5, 5.41) is 9.26. The summed E-state index contributed by atoms with van der Waals surface area (Å²) < 4.78 is 14.8. The monoisotopic (exact) mass is 547 g/mol. The maximum absolute atomic E-state index is 7.10. The van der Waals surface area contributed by atoms with Crippen LogP contribution in [0, 0.1) is 12.5 Å². The van der Waals surface area contributed by atoms with E-state index in [1.54, 1.807) is 12.4 Å². The highest BCUT2D eigenvalue weighted by Gasteiger charge is 2.39. The lowest BCUT2D eigenvalue weighted by molar-refractivity contribution is -0.717. The second-order valence-electron chi connectivity index (χ2n) is 13.6. The lowest BCUT2D eigenvalue weighted by atomic mass is 9.71. The molecule has 1 aliphatic heterocycles. The first kappa shape index (κ1) is 26.9. The largest absolute Gasteiger partial charge is 0.515 e. The lowest BCUT2D eigenvalue weighted by Crippen LogP contribution is -2.48. The molecule has 0 N–H and O–H groups in total. The van der Waals surface area contributed by atoms with E-state index in [9.17, 15) is 0 Å². The van der Waals surface area contributed by atoms with Gasteiger partial charge >= 0.3 is 0 Å². The Morgan fingerprint density at radius 1 is 0.902 bits per heavy atom. The van der Waals surface area contributed by atoms with Gasteiger partial charge in [0.2, 0.25) is 12.5 Å². The molecule has 0 unspecified atom stereocenters. The molecule has 0 amide bonds. The fourth-order valence-electron chi connectivity index (χ4n) is 5.52. The first-order valence-electron chi connectivity index (χ1n) is 14.1. The number of rotatable bonds is 4. The van der Waals surface area contributed by atoms with Crippen molar-refractivity contribution in [3.63, 3.8) is 0 Å². The highest BCUT2D eigenvalue weighted by molar-refractivity contribution is 5.68. The second-order valence-corrected chi connectivity index (χ2v) is 13.6. The van der Waals surface area contributed by atoms with Crippen molar-refractivity contribution in [2.45, 2.75) is 71.6 Å². The molecular weight excluding hydrogens is 508 g/mol. The van der Waals surface area contributed by atoms with Gasteiger partial charge in [-0.25, -0.2) is 0 Å². The molecular formula is C34H39N6O-. The predicted molar refractivity (Wildman–Crippen MR) is 157 cm³/mol. The first-order chi connectivity index (χ1) is 19.2. The number of aryl methyl sites for hydroxylation is 1. The third-order valence-corrected chi connectivity index (χ3v) is 8.09. The van der Waals surface area contributed by atoms with Crippen LogP contribution >= 0.6 is 0 Å². The van der Waals surface area contributed by atoms with Crippen LogP contribution in [-0.4, -0.2) is 14.3 Å². The van der Waals surface area contributed by atoms with E-state index in [-0.39, 0.29) is 16.2 Å². The van der Waals surface area contributed by atoms with Crippen LogP contribution in [0.1, 0.15) is 83.2 Å². The summed E-state index contributed by atoms with van der Waals surface area (Å²) >= 11 is 0.